The second-order valence-corrected chi connectivity index (χ2v) is 11.5. The number of hydrogen-bond acceptors (Lipinski definition) is 4. The van der Waals surface area contributed by atoms with Crippen molar-refractivity contribution in [3.8, 4) is 11.1 Å². The third-order valence-corrected chi connectivity index (χ3v) is 8.44. The lowest BCUT2D eigenvalue weighted by atomic mass is 9.92. The number of hydrogen-bond donors (Lipinski definition) is 1. The van der Waals surface area contributed by atoms with Gasteiger partial charge in [-0.2, -0.15) is 0 Å². The molecule has 0 saturated heterocycles. The lowest BCUT2D eigenvalue weighted by Crippen LogP contribution is -2.06. The number of fused-ring (bicyclic) bond motifs is 3. The van der Waals surface area contributed by atoms with Gasteiger partial charge in [0.2, 0.25) is 0 Å². The predicted octanol–water partition coefficient (Wildman–Crippen LogP) is 7.87. The Morgan fingerprint density at radius 3 is 2.52 bits per heavy atom. The molecule has 0 radical (unpaired) electrons. The molecule has 0 unspecified atom stereocenters. The highest BCUT2D eigenvalue weighted by molar-refractivity contribution is 6.30. The Hall–Kier alpha value is -4.55. The molecule has 6 nitrogen and oxygen atoms in total. The summed E-state index contributed by atoms with van der Waals surface area (Å²) < 4.78 is 2.41. The molecule has 1 N–H and O–H groups in total. The summed E-state index contributed by atoms with van der Waals surface area (Å²) in [5.74, 6) is 1.78. The molecule has 1 aliphatic rings. The molecule has 42 heavy (non-hydrogen) atoms. The monoisotopic (exact) mass is 570 g/mol. The van der Waals surface area contributed by atoms with Crippen molar-refractivity contribution in [1.82, 2.24) is 30.2 Å². The van der Waals surface area contributed by atoms with Crippen molar-refractivity contribution in [3.05, 3.63) is 129 Å². The average molecular weight is 571 g/mol. The number of halogens is 1. The molecule has 208 valence electrons. The molecule has 7 heteroatoms. The number of H-pyrrole nitrogens is 1. The number of nitrogens with one attached hydrogen (secondary N) is 1. The standard InChI is InChI=1S/C35H31ClN6/c1-3-6-34-37-35-22(2)17-27(24-12-14-28(36)15-13-24)19-32(35)42(34)21-23-9-16-30-26(18-23)11-10-25-7-4-5-8-29(25)31(30)20-33-38-40-41-39-33/h4-5,7-9,12-20H,3,6,10-11,21H2,1-2H3,(H,38,39,40,41). The molecule has 0 atom stereocenters. The molecule has 0 aliphatic heterocycles. The summed E-state index contributed by atoms with van der Waals surface area (Å²) >= 11 is 6.18. The van der Waals surface area contributed by atoms with E-state index in [2.05, 4.69) is 112 Å². The SMILES string of the molecule is CCCc1nc2c(C)cc(-c3ccc(Cl)cc3)cc2n1Cc1ccc2c(c1)CCc1ccccc1C2=Cc1nnn[nH]1. The van der Waals surface area contributed by atoms with Crippen molar-refractivity contribution in [1.29, 1.82) is 0 Å². The Kier molecular flexibility index (Phi) is 6.92. The van der Waals surface area contributed by atoms with Gasteiger partial charge in [-0.1, -0.05) is 73.1 Å². The molecule has 1 aliphatic carbocycles. The molecule has 0 saturated carbocycles. The minimum Gasteiger partial charge on any atom is -0.323 e. The molecule has 2 heterocycles. The fourth-order valence-corrected chi connectivity index (χ4v) is 6.30. The fraction of sp³-hybridized carbons (Fsp3) is 0.200. The van der Waals surface area contributed by atoms with Gasteiger partial charge in [0, 0.05) is 18.0 Å². The Morgan fingerprint density at radius 2 is 1.71 bits per heavy atom. The first-order valence-electron chi connectivity index (χ1n) is 14.5. The Balaban J connectivity index is 1.32. The summed E-state index contributed by atoms with van der Waals surface area (Å²) in [6.45, 7) is 5.14. The van der Waals surface area contributed by atoms with E-state index in [-0.39, 0.29) is 0 Å². The van der Waals surface area contributed by atoms with Crippen molar-refractivity contribution in [2.75, 3.05) is 0 Å². The van der Waals surface area contributed by atoms with E-state index >= 15 is 0 Å². The third kappa shape index (κ3) is 4.92. The Bertz CT molecular complexity index is 1930. The van der Waals surface area contributed by atoms with Crippen molar-refractivity contribution >= 4 is 34.3 Å². The molecule has 0 amide bonds. The average Bonchev–Trinajstić information content (AvgIpc) is 3.61. The van der Waals surface area contributed by atoms with Crippen LogP contribution in [-0.2, 0) is 25.8 Å². The first kappa shape index (κ1) is 26.4. The van der Waals surface area contributed by atoms with E-state index in [1.165, 1.54) is 44.5 Å². The van der Waals surface area contributed by atoms with Gasteiger partial charge in [-0.25, -0.2) is 10.1 Å². The second-order valence-electron chi connectivity index (χ2n) is 11.0. The van der Waals surface area contributed by atoms with Crippen LogP contribution in [0.3, 0.4) is 0 Å². The lowest BCUT2D eigenvalue weighted by molar-refractivity contribution is 0.721. The zero-order valence-corrected chi connectivity index (χ0v) is 24.5. The molecule has 2 aromatic heterocycles. The molecule has 7 rings (SSSR count). The topological polar surface area (TPSA) is 72.3 Å². The number of nitrogens with zero attached hydrogens (tertiary/aromatic N) is 5. The van der Waals surface area contributed by atoms with E-state index in [0.29, 0.717) is 5.82 Å². The largest absolute Gasteiger partial charge is 0.323 e. The van der Waals surface area contributed by atoms with E-state index < -0.39 is 0 Å². The van der Waals surface area contributed by atoms with Crippen LogP contribution in [0.2, 0.25) is 5.02 Å². The van der Waals surface area contributed by atoms with Crippen LogP contribution in [0.1, 0.15) is 58.4 Å². The van der Waals surface area contributed by atoms with E-state index in [1.54, 1.807) is 0 Å². The number of rotatable bonds is 6. The van der Waals surface area contributed by atoms with Gasteiger partial charge in [0.05, 0.1) is 11.0 Å². The first-order valence-corrected chi connectivity index (χ1v) is 14.9. The van der Waals surface area contributed by atoms with Crippen LogP contribution >= 0.6 is 11.6 Å². The minimum atomic E-state index is 0.651. The first-order chi connectivity index (χ1) is 20.6. The van der Waals surface area contributed by atoms with Crippen molar-refractivity contribution in [2.45, 2.75) is 46.1 Å². The van der Waals surface area contributed by atoms with Gasteiger partial charge in [0.1, 0.15) is 5.82 Å². The van der Waals surface area contributed by atoms with Gasteiger partial charge in [-0.3, -0.25) is 0 Å². The fourth-order valence-electron chi connectivity index (χ4n) is 6.17. The predicted molar refractivity (Wildman–Crippen MR) is 169 cm³/mol. The van der Waals surface area contributed by atoms with Crippen LogP contribution in [-0.4, -0.2) is 30.2 Å². The summed E-state index contributed by atoms with van der Waals surface area (Å²) in [6, 6.07) is 28.1. The van der Waals surface area contributed by atoms with Crippen molar-refractivity contribution in [3.63, 3.8) is 0 Å². The smallest absolute Gasteiger partial charge is 0.172 e. The number of imidazole rings is 1. The summed E-state index contributed by atoms with van der Waals surface area (Å²) in [5.41, 5.74) is 13.3. The van der Waals surface area contributed by atoms with Gasteiger partial charge in [-0.15, -0.1) is 5.10 Å². The van der Waals surface area contributed by atoms with Gasteiger partial charge < -0.3 is 4.57 Å². The molecule has 0 bridgehead atoms. The van der Waals surface area contributed by atoms with Gasteiger partial charge in [0.15, 0.2) is 5.82 Å². The van der Waals surface area contributed by atoms with Crippen LogP contribution in [0.5, 0.6) is 0 Å². The van der Waals surface area contributed by atoms with E-state index in [1.807, 2.05) is 12.1 Å². The molecular formula is C35H31ClN6. The van der Waals surface area contributed by atoms with Gasteiger partial charge in [0.25, 0.3) is 0 Å². The normalized spacial score (nSPS) is 13.7. The van der Waals surface area contributed by atoms with E-state index in [0.717, 1.165) is 59.7 Å². The maximum atomic E-state index is 6.18. The number of aromatic amines is 1. The van der Waals surface area contributed by atoms with Gasteiger partial charge in [-0.05, 0) is 117 Å². The maximum absolute atomic E-state index is 6.18. The highest BCUT2D eigenvalue weighted by Crippen LogP contribution is 2.36. The van der Waals surface area contributed by atoms with Gasteiger partial charge >= 0.3 is 0 Å². The summed E-state index contributed by atoms with van der Waals surface area (Å²) in [4.78, 5) is 5.14. The summed E-state index contributed by atoms with van der Waals surface area (Å²) in [7, 11) is 0. The van der Waals surface area contributed by atoms with Crippen molar-refractivity contribution < 1.29 is 0 Å². The molecule has 4 aromatic carbocycles. The van der Waals surface area contributed by atoms with E-state index in [4.69, 9.17) is 16.6 Å². The molecule has 0 fully saturated rings. The number of benzene rings is 4. The molecule has 0 spiro atoms. The Labute approximate surface area is 250 Å². The quantitative estimate of drug-likeness (QED) is 0.221. The van der Waals surface area contributed by atoms with Crippen LogP contribution in [0.15, 0.2) is 78.9 Å². The van der Waals surface area contributed by atoms with Crippen LogP contribution in [0.4, 0.5) is 0 Å². The second kappa shape index (κ2) is 11.0. The van der Waals surface area contributed by atoms with Crippen molar-refractivity contribution in [2.24, 2.45) is 0 Å². The Morgan fingerprint density at radius 1 is 0.905 bits per heavy atom. The van der Waals surface area contributed by atoms with Crippen LogP contribution in [0, 0.1) is 6.92 Å². The zero-order chi connectivity index (χ0) is 28.6. The lowest BCUT2D eigenvalue weighted by Gasteiger charge is -2.15. The third-order valence-electron chi connectivity index (χ3n) is 8.19. The van der Waals surface area contributed by atoms with Crippen LogP contribution < -0.4 is 0 Å². The highest BCUT2D eigenvalue weighted by Gasteiger charge is 2.20. The summed E-state index contributed by atoms with van der Waals surface area (Å²) in [6.07, 6.45) is 5.99. The minimum absolute atomic E-state index is 0.651. The molecular weight excluding hydrogens is 540 g/mol. The van der Waals surface area contributed by atoms with Crippen LogP contribution in [0.25, 0.3) is 33.8 Å². The molecule has 6 aromatic rings. The maximum Gasteiger partial charge on any atom is 0.172 e. The zero-order valence-electron chi connectivity index (χ0n) is 23.7. The number of tetrazole rings is 1. The summed E-state index contributed by atoms with van der Waals surface area (Å²) in [5, 5.41) is 15.4. The number of aryl methyl sites for hydroxylation is 4. The highest BCUT2D eigenvalue weighted by atomic mass is 35.5. The number of aromatic nitrogens is 6. The van der Waals surface area contributed by atoms with E-state index in [9.17, 15) is 0 Å².